The first kappa shape index (κ1) is 15.1. The number of amides is 1. The van der Waals surface area contributed by atoms with Crippen LogP contribution < -0.4 is 5.32 Å². The van der Waals surface area contributed by atoms with E-state index in [2.05, 4.69) is 20.3 Å². The van der Waals surface area contributed by atoms with Crippen LogP contribution in [0.5, 0.6) is 0 Å². The summed E-state index contributed by atoms with van der Waals surface area (Å²) in [6.45, 7) is 2.58. The number of H-pyrrole nitrogens is 1. The van der Waals surface area contributed by atoms with Gasteiger partial charge >= 0.3 is 0 Å². The van der Waals surface area contributed by atoms with E-state index in [4.69, 9.17) is 0 Å². The Bertz CT molecular complexity index is 1030. The van der Waals surface area contributed by atoms with E-state index in [1.807, 2.05) is 54.1 Å². The molecule has 3 aromatic heterocycles. The number of aryl methyl sites for hydroxylation is 1. The summed E-state index contributed by atoms with van der Waals surface area (Å²) in [4.78, 5) is 24.2. The summed E-state index contributed by atoms with van der Waals surface area (Å²) in [5, 5.41) is 3.88. The van der Waals surface area contributed by atoms with Crippen LogP contribution in [0.2, 0.25) is 0 Å². The fourth-order valence-electron chi connectivity index (χ4n) is 2.70. The molecule has 3 heterocycles. The van der Waals surface area contributed by atoms with E-state index in [9.17, 15) is 4.79 Å². The van der Waals surface area contributed by atoms with Crippen molar-refractivity contribution in [2.45, 2.75) is 13.5 Å². The summed E-state index contributed by atoms with van der Waals surface area (Å²) < 4.78 is 1.85. The molecular formula is C19H17N5O. The lowest BCUT2D eigenvalue weighted by molar-refractivity contribution is 0.102. The van der Waals surface area contributed by atoms with E-state index in [0.717, 1.165) is 27.8 Å². The van der Waals surface area contributed by atoms with Crippen LogP contribution in [0.4, 0.5) is 5.69 Å². The highest BCUT2D eigenvalue weighted by molar-refractivity contribution is 6.07. The third-order valence-corrected chi connectivity index (χ3v) is 4.02. The minimum Gasteiger partial charge on any atom is -0.359 e. The molecule has 1 amide bonds. The largest absolute Gasteiger partial charge is 0.359 e. The minimum absolute atomic E-state index is 0.236. The van der Waals surface area contributed by atoms with Crippen LogP contribution in [0.1, 0.15) is 21.7 Å². The molecule has 0 unspecified atom stereocenters. The lowest BCUT2D eigenvalue weighted by atomic mass is 10.2. The van der Waals surface area contributed by atoms with Crippen LogP contribution >= 0.6 is 0 Å². The molecule has 1 aromatic carbocycles. The van der Waals surface area contributed by atoms with Gasteiger partial charge in [-0.15, -0.1) is 0 Å². The molecule has 0 aliphatic heterocycles. The van der Waals surface area contributed by atoms with Crippen molar-refractivity contribution in [2.75, 3.05) is 5.32 Å². The lowest BCUT2D eigenvalue weighted by Gasteiger charge is -2.02. The van der Waals surface area contributed by atoms with Crippen LogP contribution in [0.15, 0.2) is 61.3 Å². The summed E-state index contributed by atoms with van der Waals surface area (Å²) in [6, 6.07) is 11.8. The van der Waals surface area contributed by atoms with E-state index >= 15 is 0 Å². The highest BCUT2D eigenvalue weighted by Gasteiger charge is 2.12. The van der Waals surface area contributed by atoms with Gasteiger partial charge in [0.05, 0.1) is 24.3 Å². The fraction of sp³-hybridized carbons (Fsp3) is 0.105. The molecule has 0 aliphatic rings. The number of pyridine rings is 1. The Hall–Kier alpha value is -3.41. The molecule has 4 rings (SSSR count). The van der Waals surface area contributed by atoms with Gasteiger partial charge in [-0.05, 0) is 24.6 Å². The molecule has 25 heavy (non-hydrogen) atoms. The maximum atomic E-state index is 12.4. The van der Waals surface area contributed by atoms with E-state index in [1.165, 1.54) is 0 Å². The van der Waals surface area contributed by atoms with Crippen LogP contribution in [-0.4, -0.2) is 25.4 Å². The number of carbonyl (C=O) groups is 1. The molecule has 0 radical (unpaired) electrons. The van der Waals surface area contributed by atoms with Gasteiger partial charge in [0, 0.05) is 29.5 Å². The summed E-state index contributed by atoms with van der Waals surface area (Å²) >= 11 is 0. The molecule has 2 N–H and O–H groups in total. The summed E-state index contributed by atoms with van der Waals surface area (Å²) in [5.74, 6) is -0.236. The fourth-order valence-corrected chi connectivity index (χ4v) is 2.70. The van der Waals surface area contributed by atoms with Crippen molar-refractivity contribution in [3.63, 3.8) is 0 Å². The molecule has 0 aliphatic carbocycles. The van der Waals surface area contributed by atoms with Crippen LogP contribution in [0, 0.1) is 6.92 Å². The standard InChI is InChI=1S/C19H17N5O/c1-13-6-7-14(20-8-13)10-24-11-18(22-12-24)19(25)23-17-9-21-16-5-3-2-4-15(16)17/h2-9,11-12,21H,10H2,1H3,(H,23,25). The predicted octanol–water partition coefficient (Wildman–Crippen LogP) is 3.37. The third kappa shape index (κ3) is 3.14. The molecule has 0 saturated carbocycles. The molecule has 0 spiro atoms. The highest BCUT2D eigenvalue weighted by atomic mass is 16.1. The van der Waals surface area contributed by atoms with Gasteiger partial charge in [-0.2, -0.15) is 0 Å². The van der Waals surface area contributed by atoms with Gasteiger partial charge in [-0.1, -0.05) is 24.3 Å². The Labute approximate surface area is 144 Å². The van der Waals surface area contributed by atoms with Gasteiger partial charge in [0.15, 0.2) is 0 Å². The van der Waals surface area contributed by atoms with Crippen LogP contribution in [0.3, 0.4) is 0 Å². The van der Waals surface area contributed by atoms with E-state index in [0.29, 0.717) is 12.2 Å². The van der Waals surface area contributed by atoms with Gasteiger partial charge < -0.3 is 14.9 Å². The average Bonchev–Trinajstić information content (AvgIpc) is 3.25. The molecule has 0 bridgehead atoms. The minimum atomic E-state index is -0.236. The molecule has 124 valence electrons. The van der Waals surface area contributed by atoms with Crippen molar-refractivity contribution in [3.8, 4) is 0 Å². The highest BCUT2D eigenvalue weighted by Crippen LogP contribution is 2.22. The van der Waals surface area contributed by atoms with Crippen molar-refractivity contribution in [3.05, 3.63) is 78.3 Å². The number of hydrogen-bond donors (Lipinski definition) is 2. The lowest BCUT2D eigenvalue weighted by Crippen LogP contribution is -2.12. The first-order valence-electron chi connectivity index (χ1n) is 8.00. The zero-order valence-electron chi connectivity index (χ0n) is 13.7. The maximum Gasteiger partial charge on any atom is 0.275 e. The Balaban J connectivity index is 1.49. The first-order chi connectivity index (χ1) is 12.2. The number of rotatable bonds is 4. The molecule has 6 heteroatoms. The number of benzene rings is 1. The third-order valence-electron chi connectivity index (χ3n) is 4.02. The number of aromatic amines is 1. The number of nitrogens with zero attached hydrogens (tertiary/aromatic N) is 3. The smallest absolute Gasteiger partial charge is 0.275 e. The summed E-state index contributed by atoms with van der Waals surface area (Å²) in [6.07, 6.45) is 6.99. The van der Waals surface area contributed by atoms with Gasteiger partial charge in [0.25, 0.3) is 5.91 Å². The van der Waals surface area contributed by atoms with Gasteiger partial charge in [-0.3, -0.25) is 9.78 Å². The SMILES string of the molecule is Cc1ccc(Cn2cnc(C(=O)Nc3c[nH]c4ccccc34)c2)nc1. The summed E-state index contributed by atoms with van der Waals surface area (Å²) in [5.41, 5.74) is 4.14. The number of carbonyl (C=O) groups excluding carboxylic acids is 1. The van der Waals surface area contributed by atoms with Gasteiger partial charge in [0.1, 0.15) is 5.69 Å². The maximum absolute atomic E-state index is 12.4. The molecule has 0 saturated heterocycles. The molecule has 0 fully saturated rings. The Morgan fingerprint density at radius 3 is 2.92 bits per heavy atom. The van der Waals surface area contributed by atoms with Crippen molar-refractivity contribution < 1.29 is 4.79 Å². The van der Waals surface area contributed by atoms with Crippen molar-refractivity contribution >= 4 is 22.5 Å². The van der Waals surface area contributed by atoms with Crippen LogP contribution in [0.25, 0.3) is 10.9 Å². The molecule has 0 atom stereocenters. The van der Waals surface area contributed by atoms with Crippen molar-refractivity contribution in [1.29, 1.82) is 0 Å². The summed E-state index contributed by atoms with van der Waals surface area (Å²) in [7, 11) is 0. The molecule has 4 aromatic rings. The Kier molecular flexibility index (Phi) is 3.78. The first-order valence-corrected chi connectivity index (χ1v) is 8.00. The number of imidazole rings is 1. The number of anilines is 1. The number of nitrogens with one attached hydrogen (secondary N) is 2. The van der Waals surface area contributed by atoms with Gasteiger partial charge in [-0.25, -0.2) is 4.98 Å². The van der Waals surface area contributed by atoms with Crippen LogP contribution in [-0.2, 0) is 6.54 Å². The Morgan fingerprint density at radius 2 is 2.08 bits per heavy atom. The quantitative estimate of drug-likeness (QED) is 0.602. The number of aromatic nitrogens is 4. The second-order valence-electron chi connectivity index (χ2n) is 5.96. The topological polar surface area (TPSA) is 75.6 Å². The number of fused-ring (bicyclic) bond motifs is 1. The Morgan fingerprint density at radius 1 is 1.20 bits per heavy atom. The average molecular weight is 331 g/mol. The van der Waals surface area contributed by atoms with E-state index in [1.54, 1.807) is 18.7 Å². The predicted molar refractivity (Wildman–Crippen MR) is 96.6 cm³/mol. The molecule has 6 nitrogen and oxygen atoms in total. The monoisotopic (exact) mass is 331 g/mol. The number of hydrogen-bond acceptors (Lipinski definition) is 3. The van der Waals surface area contributed by atoms with Crippen molar-refractivity contribution in [2.24, 2.45) is 0 Å². The van der Waals surface area contributed by atoms with E-state index < -0.39 is 0 Å². The normalized spacial score (nSPS) is 10.9. The van der Waals surface area contributed by atoms with Crippen molar-refractivity contribution in [1.82, 2.24) is 19.5 Å². The number of para-hydroxylation sites is 1. The molecular weight excluding hydrogens is 314 g/mol. The second-order valence-corrected chi connectivity index (χ2v) is 5.96. The second kappa shape index (κ2) is 6.24. The van der Waals surface area contributed by atoms with E-state index in [-0.39, 0.29) is 5.91 Å². The van der Waals surface area contributed by atoms with Gasteiger partial charge in [0.2, 0.25) is 0 Å². The zero-order valence-corrected chi connectivity index (χ0v) is 13.7. The zero-order chi connectivity index (χ0) is 17.2.